The molecule has 2 amide bonds. The number of likely N-dealkylation sites (N-methyl/N-ethyl adjacent to an activating group) is 1. The predicted molar refractivity (Wildman–Crippen MR) is 63.5 cm³/mol. The third-order valence-corrected chi connectivity index (χ3v) is 2.69. The minimum absolute atomic E-state index is 0.00201. The third-order valence-electron chi connectivity index (χ3n) is 2.69. The Hall–Kier alpha value is -1.43. The normalized spacial score (nSPS) is 17.1. The maximum atomic E-state index is 12.1. The van der Waals surface area contributed by atoms with E-state index in [1.165, 1.54) is 0 Å². The van der Waals surface area contributed by atoms with Crippen LogP contribution in [0.5, 0.6) is 0 Å². The molecule has 0 aromatic carbocycles. The van der Waals surface area contributed by atoms with Gasteiger partial charge >= 0.3 is 0 Å². The van der Waals surface area contributed by atoms with Crippen molar-refractivity contribution in [1.29, 1.82) is 0 Å². The average Bonchev–Trinajstić information content (AvgIpc) is 2.31. The molecule has 6 heteroatoms. The second kappa shape index (κ2) is 6.34. The first kappa shape index (κ1) is 13.6. The van der Waals surface area contributed by atoms with Gasteiger partial charge in [0.25, 0.3) is 5.91 Å². The summed E-state index contributed by atoms with van der Waals surface area (Å²) >= 11 is 0. The van der Waals surface area contributed by atoms with Gasteiger partial charge in [0.15, 0.2) is 0 Å². The monoisotopic (exact) mass is 241 g/mol. The summed E-state index contributed by atoms with van der Waals surface area (Å²) in [5.41, 5.74) is 2.74. The van der Waals surface area contributed by atoms with Crippen molar-refractivity contribution >= 4 is 17.5 Å². The van der Waals surface area contributed by atoms with Crippen LogP contribution in [-0.4, -0.2) is 48.7 Å². The van der Waals surface area contributed by atoms with Crippen molar-refractivity contribution in [2.45, 2.75) is 32.7 Å². The van der Waals surface area contributed by atoms with Crippen LogP contribution in [0.4, 0.5) is 0 Å². The number of carbonyl (C=O) groups is 2. The molecule has 0 aromatic heterocycles. The highest BCUT2D eigenvalue weighted by molar-refractivity contribution is 6.39. The van der Waals surface area contributed by atoms with Crippen LogP contribution in [0.25, 0.3) is 0 Å². The Morgan fingerprint density at radius 1 is 1.59 bits per heavy atom. The fourth-order valence-corrected chi connectivity index (χ4v) is 1.78. The molecule has 1 N–H and O–H groups in total. The molecule has 0 bridgehead atoms. The van der Waals surface area contributed by atoms with E-state index in [1.54, 1.807) is 12.0 Å². The second-order valence-electron chi connectivity index (χ2n) is 3.99. The highest BCUT2D eigenvalue weighted by Gasteiger charge is 2.25. The van der Waals surface area contributed by atoms with Crippen molar-refractivity contribution in [2.24, 2.45) is 5.10 Å². The first-order valence-electron chi connectivity index (χ1n) is 5.75. The van der Waals surface area contributed by atoms with Gasteiger partial charge in [0.05, 0.1) is 12.6 Å². The van der Waals surface area contributed by atoms with E-state index in [4.69, 9.17) is 4.74 Å². The molecule has 1 aliphatic rings. The molecule has 0 fully saturated rings. The number of hydrogen-bond donors (Lipinski definition) is 1. The second-order valence-corrected chi connectivity index (χ2v) is 3.99. The van der Waals surface area contributed by atoms with Gasteiger partial charge in [-0.2, -0.15) is 5.10 Å². The van der Waals surface area contributed by atoms with Crippen molar-refractivity contribution in [1.82, 2.24) is 10.3 Å². The number of rotatable bonds is 5. The van der Waals surface area contributed by atoms with E-state index in [1.807, 2.05) is 13.8 Å². The third kappa shape index (κ3) is 3.52. The van der Waals surface area contributed by atoms with E-state index in [-0.39, 0.29) is 17.9 Å². The molecule has 1 atom stereocenters. The van der Waals surface area contributed by atoms with E-state index in [0.29, 0.717) is 31.7 Å². The molecule has 0 saturated heterocycles. The summed E-state index contributed by atoms with van der Waals surface area (Å²) in [7, 11) is 1.60. The molecule has 1 heterocycles. The van der Waals surface area contributed by atoms with Crippen LogP contribution < -0.4 is 5.43 Å². The lowest BCUT2D eigenvalue weighted by Crippen LogP contribution is -2.46. The van der Waals surface area contributed by atoms with Crippen molar-refractivity contribution in [2.75, 3.05) is 20.3 Å². The van der Waals surface area contributed by atoms with Gasteiger partial charge in [-0.1, -0.05) is 0 Å². The Morgan fingerprint density at radius 3 is 2.76 bits per heavy atom. The van der Waals surface area contributed by atoms with Crippen LogP contribution in [0.3, 0.4) is 0 Å². The zero-order valence-corrected chi connectivity index (χ0v) is 10.5. The molecule has 0 saturated carbocycles. The van der Waals surface area contributed by atoms with Crippen molar-refractivity contribution < 1.29 is 14.3 Å². The molecular weight excluding hydrogens is 222 g/mol. The summed E-state index contributed by atoms with van der Waals surface area (Å²) in [4.78, 5) is 24.8. The van der Waals surface area contributed by atoms with Crippen molar-refractivity contribution in [3.05, 3.63) is 0 Å². The largest absolute Gasteiger partial charge is 0.383 e. The quantitative estimate of drug-likeness (QED) is 0.744. The van der Waals surface area contributed by atoms with Crippen LogP contribution in [0.1, 0.15) is 26.7 Å². The van der Waals surface area contributed by atoms with Gasteiger partial charge in [-0.05, 0) is 13.8 Å². The lowest BCUT2D eigenvalue weighted by molar-refractivity contribution is -0.127. The van der Waals surface area contributed by atoms with Crippen molar-refractivity contribution in [3.63, 3.8) is 0 Å². The number of nitrogens with zero attached hydrogens (tertiary/aromatic N) is 2. The molecule has 6 nitrogen and oxygen atoms in total. The lowest BCUT2D eigenvalue weighted by atomic mass is 10.1. The van der Waals surface area contributed by atoms with Gasteiger partial charge in [-0.25, -0.2) is 5.43 Å². The Kier molecular flexibility index (Phi) is 5.09. The molecule has 1 unspecified atom stereocenters. The summed E-state index contributed by atoms with van der Waals surface area (Å²) in [5.74, 6) is -0.272. The number of ether oxygens (including phenoxy) is 1. The molecular formula is C11H19N3O3. The van der Waals surface area contributed by atoms with E-state index in [2.05, 4.69) is 10.5 Å². The summed E-state index contributed by atoms with van der Waals surface area (Å²) in [6, 6.07) is -0.00201. The number of nitrogens with one attached hydrogen (secondary N) is 1. The fourth-order valence-electron chi connectivity index (χ4n) is 1.78. The summed E-state index contributed by atoms with van der Waals surface area (Å²) in [6.45, 7) is 4.91. The van der Waals surface area contributed by atoms with Crippen LogP contribution in [0.15, 0.2) is 5.10 Å². The maximum Gasteiger partial charge on any atom is 0.270 e. The number of carbonyl (C=O) groups excluding carboxylic acids is 2. The fraction of sp³-hybridized carbons (Fsp3) is 0.727. The number of hydrogen-bond acceptors (Lipinski definition) is 4. The van der Waals surface area contributed by atoms with Gasteiger partial charge < -0.3 is 9.64 Å². The Bertz CT molecular complexity index is 328. The lowest BCUT2D eigenvalue weighted by Gasteiger charge is -2.28. The smallest absolute Gasteiger partial charge is 0.270 e. The molecule has 96 valence electrons. The minimum atomic E-state index is -0.144. The Balaban J connectivity index is 2.69. The first-order valence-corrected chi connectivity index (χ1v) is 5.75. The first-order chi connectivity index (χ1) is 8.10. The SMILES string of the molecule is CCN(C(=O)C1=NNC(=O)CC1)C(C)COC. The maximum absolute atomic E-state index is 12.1. The van der Waals surface area contributed by atoms with E-state index in [9.17, 15) is 9.59 Å². The molecule has 17 heavy (non-hydrogen) atoms. The molecule has 0 aliphatic carbocycles. The highest BCUT2D eigenvalue weighted by Crippen LogP contribution is 2.07. The van der Waals surface area contributed by atoms with Crippen molar-refractivity contribution in [3.8, 4) is 0 Å². The Morgan fingerprint density at radius 2 is 2.29 bits per heavy atom. The van der Waals surface area contributed by atoms with E-state index >= 15 is 0 Å². The topological polar surface area (TPSA) is 71.0 Å². The summed E-state index contributed by atoms with van der Waals surface area (Å²) in [5, 5.41) is 3.81. The van der Waals surface area contributed by atoms with Crippen LogP contribution >= 0.6 is 0 Å². The Labute approximate surface area is 101 Å². The molecule has 0 radical (unpaired) electrons. The van der Waals surface area contributed by atoms with Gasteiger partial charge in [0, 0.05) is 26.5 Å². The number of hydrazone groups is 1. The zero-order valence-electron chi connectivity index (χ0n) is 10.5. The van der Waals surface area contributed by atoms with Gasteiger partial charge in [0.1, 0.15) is 5.71 Å². The summed E-state index contributed by atoms with van der Waals surface area (Å²) < 4.78 is 5.04. The minimum Gasteiger partial charge on any atom is -0.383 e. The van der Waals surface area contributed by atoms with Gasteiger partial charge in [-0.3, -0.25) is 9.59 Å². The standard InChI is InChI=1S/C11H19N3O3/c1-4-14(8(2)7-17-3)11(16)9-5-6-10(15)13-12-9/h8H,4-7H2,1-3H3,(H,13,15). The molecule has 0 aromatic rings. The highest BCUT2D eigenvalue weighted by atomic mass is 16.5. The van der Waals surface area contributed by atoms with E-state index < -0.39 is 0 Å². The van der Waals surface area contributed by atoms with Crippen LogP contribution in [0, 0.1) is 0 Å². The summed E-state index contributed by atoms with van der Waals surface area (Å²) in [6.07, 6.45) is 0.724. The van der Waals surface area contributed by atoms with Gasteiger partial charge in [0.2, 0.25) is 5.91 Å². The molecule has 1 rings (SSSR count). The molecule has 1 aliphatic heterocycles. The molecule has 0 spiro atoms. The van der Waals surface area contributed by atoms with E-state index in [0.717, 1.165) is 0 Å². The average molecular weight is 241 g/mol. The van der Waals surface area contributed by atoms with Crippen LogP contribution in [0.2, 0.25) is 0 Å². The predicted octanol–water partition coefficient (Wildman–Crippen LogP) is 0.136. The zero-order chi connectivity index (χ0) is 12.8. The number of methoxy groups -OCH3 is 1. The van der Waals surface area contributed by atoms with Gasteiger partial charge in [-0.15, -0.1) is 0 Å². The number of amides is 2. The van der Waals surface area contributed by atoms with Crippen LogP contribution in [-0.2, 0) is 14.3 Å².